The molecule has 3 N–H and O–H groups in total. The van der Waals surface area contributed by atoms with Gasteiger partial charge in [0.2, 0.25) is 0 Å². The summed E-state index contributed by atoms with van der Waals surface area (Å²) in [5.41, 5.74) is 6.91. The average molecular weight is 245 g/mol. The van der Waals surface area contributed by atoms with Crippen molar-refractivity contribution >= 4 is 5.69 Å². The highest BCUT2D eigenvalue weighted by atomic mass is 19.3. The van der Waals surface area contributed by atoms with E-state index in [2.05, 4.69) is 4.98 Å². The average Bonchev–Trinajstić information content (AvgIpc) is 2.28. The number of alkyl halides is 2. The Labute approximate surface area is 99.1 Å². The van der Waals surface area contributed by atoms with Gasteiger partial charge >= 0.3 is 0 Å². The molecular formula is C11H17F2N3O. The minimum absolute atomic E-state index is 0.156. The van der Waals surface area contributed by atoms with Crippen LogP contribution in [0.1, 0.15) is 18.7 Å². The Bertz CT molecular complexity index is 330. The van der Waals surface area contributed by atoms with Gasteiger partial charge in [0.1, 0.15) is 0 Å². The molecule has 0 aliphatic rings. The molecule has 1 unspecified atom stereocenters. The molecule has 0 bridgehead atoms. The third-order valence-electron chi connectivity index (χ3n) is 2.33. The Kier molecular flexibility index (Phi) is 5.24. The van der Waals surface area contributed by atoms with E-state index in [-0.39, 0.29) is 19.2 Å². The zero-order valence-electron chi connectivity index (χ0n) is 9.68. The van der Waals surface area contributed by atoms with E-state index in [0.717, 1.165) is 0 Å². The number of anilines is 1. The second kappa shape index (κ2) is 6.46. The Balaban J connectivity index is 2.79. The lowest BCUT2D eigenvalue weighted by Gasteiger charge is -2.23. The third kappa shape index (κ3) is 4.24. The molecule has 0 saturated heterocycles. The molecule has 0 spiro atoms. The fourth-order valence-corrected chi connectivity index (χ4v) is 1.47. The van der Waals surface area contributed by atoms with Crippen molar-refractivity contribution < 1.29 is 13.9 Å². The number of aromatic nitrogens is 1. The summed E-state index contributed by atoms with van der Waals surface area (Å²) in [6.07, 6.45) is -0.953. The van der Waals surface area contributed by atoms with Crippen LogP contribution >= 0.6 is 0 Å². The first-order valence-corrected chi connectivity index (χ1v) is 5.40. The molecule has 4 nitrogen and oxygen atoms in total. The minimum Gasteiger partial charge on any atom is -0.395 e. The molecular weight excluding hydrogens is 228 g/mol. The molecule has 17 heavy (non-hydrogen) atoms. The van der Waals surface area contributed by atoms with Crippen LogP contribution in [0.15, 0.2) is 18.3 Å². The Morgan fingerprint density at radius 1 is 1.47 bits per heavy atom. The molecule has 1 rings (SSSR count). The van der Waals surface area contributed by atoms with Gasteiger partial charge in [-0.2, -0.15) is 0 Å². The standard InChI is InChI=1S/C11H17F2N3O/c1-8(14)10-3-2-9(6-15-10)16(4-5-17)7-11(12)13/h2-3,6,8,11,17H,4-5,7,14H2,1H3. The predicted molar refractivity (Wildman–Crippen MR) is 62.1 cm³/mol. The Hall–Kier alpha value is -1.27. The number of aliphatic hydroxyl groups excluding tert-OH is 1. The topological polar surface area (TPSA) is 62.4 Å². The van der Waals surface area contributed by atoms with E-state index < -0.39 is 13.0 Å². The molecule has 1 aromatic rings. The molecule has 0 amide bonds. The van der Waals surface area contributed by atoms with Gasteiger partial charge in [0.25, 0.3) is 6.43 Å². The summed E-state index contributed by atoms with van der Waals surface area (Å²) in [7, 11) is 0. The van der Waals surface area contributed by atoms with Gasteiger partial charge in [-0.25, -0.2) is 8.78 Å². The van der Waals surface area contributed by atoms with Gasteiger partial charge in [-0.15, -0.1) is 0 Å². The number of pyridine rings is 1. The largest absolute Gasteiger partial charge is 0.395 e. The van der Waals surface area contributed by atoms with Gasteiger partial charge in [-0.1, -0.05) is 0 Å². The van der Waals surface area contributed by atoms with Crippen molar-refractivity contribution in [2.75, 3.05) is 24.6 Å². The first-order chi connectivity index (χ1) is 8.04. The lowest BCUT2D eigenvalue weighted by molar-refractivity contribution is 0.153. The molecule has 0 saturated carbocycles. The summed E-state index contributed by atoms with van der Waals surface area (Å²) in [6, 6.07) is 3.20. The zero-order chi connectivity index (χ0) is 12.8. The second-order valence-corrected chi connectivity index (χ2v) is 3.79. The lowest BCUT2D eigenvalue weighted by Crippen LogP contribution is -2.31. The number of rotatable bonds is 6. The SMILES string of the molecule is CC(N)c1ccc(N(CCO)CC(F)F)cn1. The van der Waals surface area contributed by atoms with Crippen molar-refractivity contribution in [3.63, 3.8) is 0 Å². The number of halogens is 2. The molecule has 0 aliphatic heterocycles. The Morgan fingerprint density at radius 2 is 2.18 bits per heavy atom. The summed E-state index contributed by atoms with van der Waals surface area (Å²) in [6.45, 7) is 1.36. The van der Waals surface area contributed by atoms with Crippen molar-refractivity contribution in [1.29, 1.82) is 0 Å². The normalized spacial score (nSPS) is 12.8. The van der Waals surface area contributed by atoms with Crippen molar-refractivity contribution in [1.82, 2.24) is 4.98 Å². The minimum atomic E-state index is -2.45. The van der Waals surface area contributed by atoms with E-state index in [1.54, 1.807) is 19.1 Å². The van der Waals surface area contributed by atoms with Crippen LogP contribution in [0.5, 0.6) is 0 Å². The van der Waals surface area contributed by atoms with Crippen LogP contribution in [-0.2, 0) is 0 Å². The van der Waals surface area contributed by atoms with Gasteiger partial charge < -0.3 is 15.7 Å². The molecule has 0 aromatic carbocycles. The van der Waals surface area contributed by atoms with Crippen LogP contribution in [-0.4, -0.2) is 36.2 Å². The fourth-order valence-electron chi connectivity index (χ4n) is 1.47. The highest BCUT2D eigenvalue weighted by molar-refractivity contribution is 5.44. The fraction of sp³-hybridized carbons (Fsp3) is 0.545. The predicted octanol–water partition coefficient (Wildman–Crippen LogP) is 1.17. The molecule has 0 aliphatic carbocycles. The maximum absolute atomic E-state index is 12.3. The molecule has 96 valence electrons. The molecule has 6 heteroatoms. The Morgan fingerprint density at radius 3 is 2.59 bits per heavy atom. The van der Waals surface area contributed by atoms with Crippen LogP contribution in [0, 0.1) is 0 Å². The van der Waals surface area contributed by atoms with Gasteiger partial charge in [0.05, 0.1) is 30.7 Å². The number of hydrogen-bond acceptors (Lipinski definition) is 4. The summed E-state index contributed by atoms with van der Waals surface area (Å²) >= 11 is 0. The van der Waals surface area contributed by atoms with E-state index in [9.17, 15) is 8.78 Å². The summed E-state index contributed by atoms with van der Waals surface area (Å²) in [4.78, 5) is 5.49. The molecule has 1 heterocycles. The van der Waals surface area contributed by atoms with E-state index in [4.69, 9.17) is 10.8 Å². The molecule has 1 atom stereocenters. The first kappa shape index (κ1) is 13.8. The van der Waals surface area contributed by atoms with E-state index in [0.29, 0.717) is 11.4 Å². The van der Waals surface area contributed by atoms with Gasteiger partial charge in [-0.3, -0.25) is 4.98 Å². The van der Waals surface area contributed by atoms with Crippen molar-refractivity contribution in [2.24, 2.45) is 5.73 Å². The van der Waals surface area contributed by atoms with Crippen molar-refractivity contribution in [2.45, 2.75) is 19.4 Å². The van der Waals surface area contributed by atoms with E-state index in [1.165, 1.54) is 11.1 Å². The highest BCUT2D eigenvalue weighted by Gasteiger charge is 2.13. The van der Waals surface area contributed by atoms with Crippen molar-refractivity contribution in [3.05, 3.63) is 24.0 Å². The quantitative estimate of drug-likeness (QED) is 0.789. The third-order valence-corrected chi connectivity index (χ3v) is 2.33. The van der Waals surface area contributed by atoms with Crippen LogP contribution in [0.3, 0.4) is 0 Å². The second-order valence-electron chi connectivity index (χ2n) is 3.79. The van der Waals surface area contributed by atoms with Crippen LogP contribution in [0.4, 0.5) is 14.5 Å². The molecule has 0 radical (unpaired) electrons. The van der Waals surface area contributed by atoms with E-state index >= 15 is 0 Å². The molecule has 0 fully saturated rings. The van der Waals surface area contributed by atoms with E-state index in [1.807, 2.05) is 0 Å². The number of nitrogens with two attached hydrogens (primary N) is 1. The maximum atomic E-state index is 12.3. The first-order valence-electron chi connectivity index (χ1n) is 5.40. The van der Waals surface area contributed by atoms with Crippen LogP contribution in [0.2, 0.25) is 0 Å². The van der Waals surface area contributed by atoms with Crippen LogP contribution < -0.4 is 10.6 Å². The van der Waals surface area contributed by atoms with Gasteiger partial charge in [-0.05, 0) is 19.1 Å². The smallest absolute Gasteiger partial charge is 0.255 e. The van der Waals surface area contributed by atoms with Gasteiger partial charge in [0.15, 0.2) is 0 Å². The summed E-state index contributed by atoms with van der Waals surface area (Å²) < 4.78 is 24.7. The van der Waals surface area contributed by atoms with Crippen LogP contribution in [0.25, 0.3) is 0 Å². The number of hydrogen-bond donors (Lipinski definition) is 2. The maximum Gasteiger partial charge on any atom is 0.255 e. The number of aliphatic hydroxyl groups is 1. The summed E-state index contributed by atoms with van der Waals surface area (Å²) in [5.74, 6) is 0. The number of nitrogens with zero attached hydrogens (tertiary/aromatic N) is 2. The highest BCUT2D eigenvalue weighted by Crippen LogP contribution is 2.16. The summed E-state index contributed by atoms with van der Waals surface area (Å²) in [5, 5.41) is 8.83. The van der Waals surface area contributed by atoms with Crippen molar-refractivity contribution in [3.8, 4) is 0 Å². The molecule has 1 aromatic heterocycles. The monoisotopic (exact) mass is 245 g/mol. The lowest BCUT2D eigenvalue weighted by atomic mass is 10.2. The zero-order valence-corrected chi connectivity index (χ0v) is 9.68. The van der Waals surface area contributed by atoms with Gasteiger partial charge in [0, 0.05) is 12.6 Å².